The Kier molecular flexibility index (Phi) is 5.62. The van der Waals surface area contributed by atoms with Crippen LogP contribution in [0.4, 0.5) is 0 Å². The van der Waals surface area contributed by atoms with Crippen LogP contribution < -0.4 is 4.72 Å². The summed E-state index contributed by atoms with van der Waals surface area (Å²) in [5.41, 5.74) is 0. The topological polar surface area (TPSA) is 102 Å². The highest BCUT2D eigenvalue weighted by atomic mass is 32.2. The fourth-order valence-corrected chi connectivity index (χ4v) is 1.49. The third kappa shape index (κ3) is 5.86. The van der Waals surface area contributed by atoms with Gasteiger partial charge < -0.3 is 14.6 Å². The molecule has 0 atom stereocenters. The summed E-state index contributed by atoms with van der Waals surface area (Å²) in [5, 5.41) is 8.25. The first kappa shape index (κ1) is 13.3. The van der Waals surface area contributed by atoms with Crippen molar-refractivity contribution in [3.63, 3.8) is 0 Å². The molecule has 0 aromatic carbocycles. The molecule has 84 valence electrons. The SMILES string of the molecule is COC(CNS(=O)(=O)CC(=O)O)OC. The van der Waals surface area contributed by atoms with Crippen LogP contribution in [0, 0.1) is 0 Å². The monoisotopic (exact) mass is 227 g/mol. The van der Waals surface area contributed by atoms with Crippen LogP contribution in [0.25, 0.3) is 0 Å². The minimum Gasteiger partial charge on any atom is -0.480 e. The molecule has 2 N–H and O–H groups in total. The molecule has 0 aliphatic heterocycles. The Morgan fingerprint density at radius 1 is 1.43 bits per heavy atom. The van der Waals surface area contributed by atoms with Crippen LogP contribution in [0.15, 0.2) is 0 Å². The highest BCUT2D eigenvalue weighted by Gasteiger charge is 2.17. The maximum absolute atomic E-state index is 11.0. The first-order valence-corrected chi connectivity index (χ1v) is 5.31. The molecule has 8 heteroatoms. The van der Waals surface area contributed by atoms with Gasteiger partial charge in [-0.1, -0.05) is 0 Å². The standard InChI is InChI=1S/C6H13NO6S/c1-12-6(13-2)3-7-14(10,11)4-5(8)9/h6-7H,3-4H2,1-2H3,(H,8,9). The third-order valence-electron chi connectivity index (χ3n) is 1.31. The molecule has 0 heterocycles. The normalized spacial score (nSPS) is 11.9. The second-order valence-electron chi connectivity index (χ2n) is 2.40. The van der Waals surface area contributed by atoms with Crippen LogP contribution >= 0.6 is 0 Å². The van der Waals surface area contributed by atoms with E-state index in [0.717, 1.165) is 0 Å². The number of methoxy groups -OCH3 is 2. The van der Waals surface area contributed by atoms with Gasteiger partial charge in [-0.2, -0.15) is 0 Å². The molecular weight excluding hydrogens is 214 g/mol. The van der Waals surface area contributed by atoms with E-state index in [0.29, 0.717) is 0 Å². The summed E-state index contributed by atoms with van der Waals surface area (Å²) in [7, 11) is -1.11. The van der Waals surface area contributed by atoms with Gasteiger partial charge in [-0.15, -0.1) is 0 Å². The maximum atomic E-state index is 11.0. The van der Waals surface area contributed by atoms with Gasteiger partial charge in [0.05, 0.1) is 6.54 Å². The van der Waals surface area contributed by atoms with Crippen LogP contribution in [-0.4, -0.2) is 52.3 Å². The molecule has 0 aromatic heterocycles. The number of nitrogens with one attached hydrogen (secondary N) is 1. The zero-order valence-electron chi connectivity index (χ0n) is 7.89. The number of carboxylic acid groups (broad SMARTS) is 1. The fraction of sp³-hybridized carbons (Fsp3) is 0.833. The number of aliphatic carboxylic acids is 1. The van der Waals surface area contributed by atoms with Crippen molar-refractivity contribution in [3.8, 4) is 0 Å². The Labute approximate surface area is 82.1 Å². The van der Waals surface area contributed by atoms with Gasteiger partial charge in [0.15, 0.2) is 12.0 Å². The van der Waals surface area contributed by atoms with Gasteiger partial charge in [0, 0.05) is 14.2 Å². The molecule has 0 radical (unpaired) electrons. The molecule has 0 aliphatic carbocycles. The van der Waals surface area contributed by atoms with E-state index in [1.807, 2.05) is 4.72 Å². The van der Waals surface area contributed by atoms with E-state index in [9.17, 15) is 13.2 Å². The molecule has 0 aromatic rings. The lowest BCUT2D eigenvalue weighted by Crippen LogP contribution is -2.37. The minimum absolute atomic E-state index is 0.122. The van der Waals surface area contributed by atoms with Crippen molar-refractivity contribution in [1.82, 2.24) is 4.72 Å². The fourth-order valence-electron chi connectivity index (χ4n) is 0.671. The zero-order chi connectivity index (χ0) is 11.2. The number of carbonyl (C=O) groups is 1. The first-order chi connectivity index (χ1) is 6.41. The van der Waals surface area contributed by atoms with Crippen LogP contribution in [0.1, 0.15) is 0 Å². The second-order valence-corrected chi connectivity index (χ2v) is 4.21. The summed E-state index contributed by atoms with van der Waals surface area (Å²) in [6.45, 7) is -0.122. The molecule has 0 aliphatic rings. The third-order valence-corrected chi connectivity index (χ3v) is 2.54. The lowest BCUT2D eigenvalue weighted by atomic mass is 10.6. The van der Waals surface area contributed by atoms with Gasteiger partial charge in [0.2, 0.25) is 10.0 Å². The van der Waals surface area contributed by atoms with Crippen LogP contribution in [0.5, 0.6) is 0 Å². The van der Waals surface area contributed by atoms with E-state index >= 15 is 0 Å². The molecule has 0 unspecified atom stereocenters. The Morgan fingerprint density at radius 3 is 2.29 bits per heavy atom. The molecule has 0 rings (SSSR count). The molecule has 0 saturated heterocycles. The molecule has 0 amide bonds. The van der Waals surface area contributed by atoms with Crippen molar-refractivity contribution in [3.05, 3.63) is 0 Å². The van der Waals surface area contributed by atoms with Gasteiger partial charge in [-0.3, -0.25) is 4.79 Å². The maximum Gasteiger partial charge on any atom is 0.320 e. The Balaban J connectivity index is 4.05. The van der Waals surface area contributed by atoms with Gasteiger partial charge in [-0.25, -0.2) is 13.1 Å². The molecular formula is C6H13NO6S. The summed E-state index contributed by atoms with van der Waals surface area (Å²) in [6, 6.07) is 0. The van der Waals surface area contributed by atoms with Crippen molar-refractivity contribution < 1.29 is 27.8 Å². The average molecular weight is 227 g/mol. The average Bonchev–Trinajstić information content (AvgIpc) is 2.03. The van der Waals surface area contributed by atoms with Crippen LogP contribution in [-0.2, 0) is 24.3 Å². The highest BCUT2D eigenvalue weighted by Crippen LogP contribution is 1.91. The van der Waals surface area contributed by atoms with E-state index in [1.165, 1.54) is 14.2 Å². The summed E-state index contributed by atoms with van der Waals surface area (Å²) in [6.07, 6.45) is -0.724. The lowest BCUT2D eigenvalue weighted by molar-refractivity contribution is -0.134. The molecule has 14 heavy (non-hydrogen) atoms. The summed E-state index contributed by atoms with van der Waals surface area (Å²) in [5.74, 6) is -2.38. The van der Waals surface area contributed by atoms with Gasteiger partial charge in [0.1, 0.15) is 0 Å². The van der Waals surface area contributed by atoms with E-state index in [4.69, 9.17) is 14.6 Å². The van der Waals surface area contributed by atoms with E-state index in [2.05, 4.69) is 0 Å². The van der Waals surface area contributed by atoms with Gasteiger partial charge in [0.25, 0.3) is 0 Å². The predicted octanol–water partition coefficient (Wildman–Crippen LogP) is -1.39. The number of rotatable bonds is 7. The zero-order valence-corrected chi connectivity index (χ0v) is 8.70. The van der Waals surface area contributed by atoms with E-state index < -0.39 is 28.0 Å². The Hall–Kier alpha value is -0.700. The first-order valence-electron chi connectivity index (χ1n) is 3.66. The van der Waals surface area contributed by atoms with Crippen LogP contribution in [0.3, 0.4) is 0 Å². The van der Waals surface area contributed by atoms with Gasteiger partial charge in [-0.05, 0) is 0 Å². The molecule has 0 fully saturated rings. The number of carboxylic acids is 1. The largest absolute Gasteiger partial charge is 0.480 e. The number of hydrogen-bond donors (Lipinski definition) is 2. The van der Waals surface area contributed by atoms with Gasteiger partial charge >= 0.3 is 5.97 Å². The highest BCUT2D eigenvalue weighted by molar-refractivity contribution is 7.90. The lowest BCUT2D eigenvalue weighted by Gasteiger charge is -2.13. The van der Waals surface area contributed by atoms with Crippen molar-refractivity contribution in [1.29, 1.82) is 0 Å². The van der Waals surface area contributed by atoms with Crippen LogP contribution in [0.2, 0.25) is 0 Å². The Morgan fingerprint density at radius 2 is 1.93 bits per heavy atom. The van der Waals surface area contributed by atoms with E-state index in [-0.39, 0.29) is 6.54 Å². The molecule has 0 spiro atoms. The van der Waals surface area contributed by atoms with Crippen molar-refractivity contribution in [2.45, 2.75) is 6.29 Å². The summed E-state index contributed by atoms with van der Waals surface area (Å²) >= 11 is 0. The van der Waals surface area contributed by atoms with Crippen molar-refractivity contribution in [2.75, 3.05) is 26.5 Å². The molecule has 0 saturated carbocycles. The van der Waals surface area contributed by atoms with Crippen molar-refractivity contribution >= 4 is 16.0 Å². The van der Waals surface area contributed by atoms with Crippen molar-refractivity contribution in [2.24, 2.45) is 0 Å². The number of hydrogen-bond acceptors (Lipinski definition) is 5. The minimum atomic E-state index is -3.81. The predicted molar refractivity (Wildman–Crippen MR) is 47.2 cm³/mol. The van der Waals surface area contributed by atoms with E-state index in [1.54, 1.807) is 0 Å². The summed E-state index contributed by atoms with van der Waals surface area (Å²) in [4.78, 5) is 10.1. The number of sulfonamides is 1. The molecule has 7 nitrogen and oxygen atoms in total. The smallest absolute Gasteiger partial charge is 0.320 e. The summed E-state index contributed by atoms with van der Waals surface area (Å²) < 4.78 is 33.4. The number of ether oxygens (including phenoxy) is 2. The second kappa shape index (κ2) is 5.91. The quantitative estimate of drug-likeness (QED) is 0.519. The Bertz CT molecular complexity index is 270. The molecule has 0 bridgehead atoms.